The highest BCUT2D eigenvalue weighted by molar-refractivity contribution is 5.94. The van der Waals surface area contributed by atoms with Gasteiger partial charge in [-0.1, -0.05) is 32.4 Å². The predicted molar refractivity (Wildman–Crippen MR) is 100 cm³/mol. The fraction of sp³-hybridized carbons (Fsp3) is 0.696. The SMILES string of the molecule is CC(=O)[C@H]1[C@H](C)C[C@H]2[C@@H]3C=C(C)C4=CC(=O)CC[C@]4(C)[C@H]3C(=O)C[C@@]21C. The number of allylic oxidation sites excluding steroid dienone is 4. The van der Waals surface area contributed by atoms with Gasteiger partial charge in [0.2, 0.25) is 0 Å². The van der Waals surface area contributed by atoms with Gasteiger partial charge in [0.05, 0.1) is 0 Å². The molecule has 0 radical (unpaired) electrons. The lowest BCUT2D eigenvalue weighted by Crippen LogP contribution is -2.54. The summed E-state index contributed by atoms with van der Waals surface area (Å²) in [6.45, 7) is 10.3. The van der Waals surface area contributed by atoms with E-state index in [1.54, 1.807) is 13.0 Å². The summed E-state index contributed by atoms with van der Waals surface area (Å²) in [5, 5.41) is 0. The van der Waals surface area contributed by atoms with Crippen molar-refractivity contribution in [3.8, 4) is 0 Å². The molecule has 2 saturated carbocycles. The van der Waals surface area contributed by atoms with E-state index in [0.29, 0.717) is 30.5 Å². The Kier molecular flexibility index (Phi) is 3.78. The standard InChI is InChI=1S/C23H30O3/c1-12-8-16-18-9-13(2)20(14(3)24)23(18,5)11-19(26)21(16)22(4)7-6-15(25)10-17(12)22/h8,10,13,16,18,20-21H,6-7,9,11H2,1-5H3/t13-,16+,18+,20-,21-,22+,23+/m1/s1. The predicted octanol–water partition coefficient (Wildman–Crippen LogP) is 4.31. The van der Waals surface area contributed by atoms with Crippen LogP contribution < -0.4 is 0 Å². The fourth-order valence-electron chi connectivity index (χ4n) is 7.50. The molecule has 0 aromatic carbocycles. The lowest BCUT2D eigenvalue weighted by atomic mass is 9.47. The molecule has 3 nitrogen and oxygen atoms in total. The smallest absolute Gasteiger partial charge is 0.156 e. The summed E-state index contributed by atoms with van der Waals surface area (Å²) in [5.74, 6) is 1.58. The van der Waals surface area contributed by atoms with Gasteiger partial charge in [-0.3, -0.25) is 14.4 Å². The summed E-state index contributed by atoms with van der Waals surface area (Å²) in [6.07, 6.45) is 6.90. The Bertz CT molecular complexity index is 772. The zero-order valence-corrected chi connectivity index (χ0v) is 16.6. The number of hydrogen-bond acceptors (Lipinski definition) is 3. The molecule has 140 valence electrons. The van der Waals surface area contributed by atoms with Crippen molar-refractivity contribution in [3.05, 3.63) is 23.3 Å². The second kappa shape index (κ2) is 5.50. The van der Waals surface area contributed by atoms with Gasteiger partial charge < -0.3 is 0 Å². The summed E-state index contributed by atoms with van der Waals surface area (Å²) in [5.41, 5.74) is 1.80. The molecule has 0 heterocycles. The van der Waals surface area contributed by atoms with Crippen molar-refractivity contribution in [2.24, 2.45) is 40.4 Å². The molecule has 4 rings (SSSR count). The van der Waals surface area contributed by atoms with Gasteiger partial charge >= 0.3 is 0 Å². The average Bonchev–Trinajstić information content (AvgIpc) is 2.79. The summed E-state index contributed by atoms with van der Waals surface area (Å²) < 4.78 is 0. The first-order chi connectivity index (χ1) is 12.1. The summed E-state index contributed by atoms with van der Waals surface area (Å²) in [4.78, 5) is 37.9. The summed E-state index contributed by atoms with van der Waals surface area (Å²) >= 11 is 0. The third-order valence-electron chi connectivity index (χ3n) is 8.31. The molecule has 0 aromatic rings. The lowest BCUT2D eigenvalue weighted by molar-refractivity contribution is -0.143. The maximum atomic E-state index is 13.4. The topological polar surface area (TPSA) is 51.2 Å². The van der Waals surface area contributed by atoms with Crippen LogP contribution in [0.2, 0.25) is 0 Å². The van der Waals surface area contributed by atoms with Gasteiger partial charge in [0.25, 0.3) is 0 Å². The average molecular weight is 354 g/mol. The number of Topliss-reactive ketones (excluding diaryl/α,β-unsaturated/α-hetero) is 2. The Morgan fingerprint density at radius 1 is 1.23 bits per heavy atom. The Morgan fingerprint density at radius 2 is 1.92 bits per heavy atom. The minimum Gasteiger partial charge on any atom is -0.300 e. The summed E-state index contributed by atoms with van der Waals surface area (Å²) in [6, 6.07) is 0. The van der Waals surface area contributed by atoms with E-state index < -0.39 is 0 Å². The quantitative estimate of drug-likeness (QED) is 0.705. The van der Waals surface area contributed by atoms with Gasteiger partial charge in [0, 0.05) is 30.1 Å². The first kappa shape index (κ1) is 17.9. The fourth-order valence-corrected chi connectivity index (χ4v) is 7.50. The molecule has 0 spiro atoms. The van der Waals surface area contributed by atoms with Crippen molar-refractivity contribution in [2.45, 2.75) is 60.3 Å². The van der Waals surface area contributed by atoms with E-state index >= 15 is 0 Å². The Balaban J connectivity index is 1.85. The van der Waals surface area contributed by atoms with Crippen molar-refractivity contribution in [3.63, 3.8) is 0 Å². The van der Waals surface area contributed by atoms with E-state index in [9.17, 15) is 14.4 Å². The maximum absolute atomic E-state index is 13.4. The zero-order chi connectivity index (χ0) is 19.0. The number of carbonyl (C=O) groups is 3. The first-order valence-electron chi connectivity index (χ1n) is 10.1. The van der Waals surface area contributed by atoms with Gasteiger partial charge in [-0.2, -0.15) is 0 Å². The molecule has 0 unspecified atom stereocenters. The van der Waals surface area contributed by atoms with E-state index in [1.165, 1.54) is 0 Å². The van der Waals surface area contributed by atoms with Crippen LogP contribution in [0.4, 0.5) is 0 Å². The normalized spacial score (nSPS) is 47.5. The molecule has 0 aromatic heterocycles. The minimum atomic E-state index is -0.229. The molecule has 0 amide bonds. The molecule has 0 bridgehead atoms. The highest BCUT2D eigenvalue weighted by Gasteiger charge is 2.63. The van der Waals surface area contributed by atoms with Crippen LogP contribution in [0.25, 0.3) is 0 Å². The van der Waals surface area contributed by atoms with Crippen molar-refractivity contribution in [2.75, 3.05) is 0 Å². The molecule has 4 aliphatic carbocycles. The van der Waals surface area contributed by atoms with Crippen molar-refractivity contribution < 1.29 is 14.4 Å². The summed E-state index contributed by atoms with van der Waals surface area (Å²) in [7, 11) is 0. The Morgan fingerprint density at radius 3 is 2.58 bits per heavy atom. The van der Waals surface area contributed by atoms with E-state index in [-0.39, 0.29) is 40.2 Å². The molecule has 2 fully saturated rings. The van der Waals surface area contributed by atoms with Gasteiger partial charge in [0.1, 0.15) is 11.6 Å². The van der Waals surface area contributed by atoms with Crippen LogP contribution in [0.5, 0.6) is 0 Å². The number of rotatable bonds is 1. The number of carbonyl (C=O) groups excluding carboxylic acids is 3. The molecule has 3 heteroatoms. The molecule has 7 atom stereocenters. The van der Waals surface area contributed by atoms with Gasteiger partial charge in [-0.05, 0) is 61.5 Å². The highest BCUT2D eigenvalue weighted by Crippen LogP contribution is 2.66. The third-order valence-corrected chi connectivity index (χ3v) is 8.31. The molecule has 26 heavy (non-hydrogen) atoms. The maximum Gasteiger partial charge on any atom is 0.156 e. The molecule has 0 N–H and O–H groups in total. The Hall–Kier alpha value is -1.51. The monoisotopic (exact) mass is 354 g/mol. The lowest BCUT2D eigenvalue weighted by Gasteiger charge is -2.55. The number of fused-ring (bicyclic) bond motifs is 5. The van der Waals surface area contributed by atoms with Crippen LogP contribution >= 0.6 is 0 Å². The first-order valence-corrected chi connectivity index (χ1v) is 10.1. The third kappa shape index (κ3) is 2.15. The van der Waals surface area contributed by atoms with Crippen molar-refractivity contribution >= 4 is 17.3 Å². The molecule has 0 saturated heterocycles. The van der Waals surface area contributed by atoms with Crippen LogP contribution in [-0.2, 0) is 14.4 Å². The van der Waals surface area contributed by atoms with Gasteiger partial charge in [0.15, 0.2) is 5.78 Å². The molecule has 0 aliphatic heterocycles. The van der Waals surface area contributed by atoms with Crippen LogP contribution in [0.1, 0.15) is 60.3 Å². The second-order valence-electron chi connectivity index (χ2n) is 9.90. The van der Waals surface area contributed by atoms with Gasteiger partial charge in [-0.25, -0.2) is 0 Å². The van der Waals surface area contributed by atoms with Crippen LogP contribution in [0.3, 0.4) is 0 Å². The van der Waals surface area contributed by atoms with E-state index in [0.717, 1.165) is 24.0 Å². The second-order valence-corrected chi connectivity index (χ2v) is 9.90. The molecular formula is C23H30O3. The van der Waals surface area contributed by atoms with Crippen LogP contribution in [0.15, 0.2) is 23.3 Å². The van der Waals surface area contributed by atoms with Crippen LogP contribution in [-0.4, -0.2) is 17.3 Å². The Labute approximate surface area is 156 Å². The molecule has 4 aliphatic rings. The van der Waals surface area contributed by atoms with E-state index in [1.807, 2.05) is 0 Å². The van der Waals surface area contributed by atoms with E-state index in [2.05, 4.69) is 33.8 Å². The van der Waals surface area contributed by atoms with Crippen LogP contribution in [0, 0.1) is 40.4 Å². The molecular weight excluding hydrogens is 324 g/mol. The number of hydrogen-bond donors (Lipinski definition) is 0. The van der Waals surface area contributed by atoms with E-state index in [4.69, 9.17) is 0 Å². The highest BCUT2D eigenvalue weighted by atomic mass is 16.1. The zero-order valence-electron chi connectivity index (χ0n) is 16.6. The van der Waals surface area contributed by atoms with Crippen molar-refractivity contribution in [1.82, 2.24) is 0 Å². The van der Waals surface area contributed by atoms with Gasteiger partial charge in [-0.15, -0.1) is 0 Å². The number of ketones is 3. The minimum absolute atomic E-state index is 0.0104. The largest absolute Gasteiger partial charge is 0.300 e. The van der Waals surface area contributed by atoms with Crippen molar-refractivity contribution in [1.29, 1.82) is 0 Å².